The number of rotatable bonds is 4. The Kier molecular flexibility index (Phi) is 4.80. The van der Waals surface area contributed by atoms with Crippen molar-refractivity contribution in [3.05, 3.63) is 29.3 Å². The minimum atomic E-state index is -1.25. The van der Waals surface area contributed by atoms with Crippen LogP contribution in [-0.4, -0.2) is 40.3 Å². The third-order valence-corrected chi connectivity index (χ3v) is 2.70. The van der Waals surface area contributed by atoms with Crippen molar-refractivity contribution in [3.63, 3.8) is 0 Å². The highest BCUT2D eigenvalue weighted by Gasteiger charge is 2.21. The summed E-state index contributed by atoms with van der Waals surface area (Å²) in [5, 5.41) is 28.7. The monoisotopic (exact) mass is 258 g/mol. The fourth-order valence-corrected chi connectivity index (χ4v) is 1.55. The van der Waals surface area contributed by atoms with E-state index in [4.69, 9.17) is 0 Å². The number of carbonyl (C=O) groups excluding carboxylic acids is 1. The van der Waals surface area contributed by atoms with Crippen LogP contribution in [0.2, 0.25) is 0 Å². The van der Waals surface area contributed by atoms with Gasteiger partial charge in [0.05, 0.1) is 18.8 Å². The summed E-state index contributed by atoms with van der Waals surface area (Å²) >= 11 is 3.84. The number of aromatic hydroxyl groups is 1. The van der Waals surface area contributed by atoms with Crippen LogP contribution >= 0.6 is 12.6 Å². The second kappa shape index (κ2) is 5.90. The Morgan fingerprint density at radius 2 is 2.12 bits per heavy atom. The fraction of sp³-hybridized carbons (Fsp3) is 0.364. The first-order valence-corrected chi connectivity index (χ1v) is 5.52. The molecule has 0 heterocycles. The molecule has 0 radical (unpaired) electrons. The minimum absolute atomic E-state index is 0.0549. The molecule has 0 fully saturated rings. The predicted octanol–water partition coefficient (Wildman–Crippen LogP) is 0.503. The van der Waals surface area contributed by atoms with Crippen molar-refractivity contribution in [1.82, 2.24) is 0 Å². The van der Waals surface area contributed by atoms with Crippen molar-refractivity contribution in [2.45, 2.75) is 12.2 Å². The van der Waals surface area contributed by atoms with Gasteiger partial charge in [0.25, 0.3) is 0 Å². The molecule has 17 heavy (non-hydrogen) atoms. The molecule has 0 saturated carbocycles. The maximum atomic E-state index is 11.2. The van der Waals surface area contributed by atoms with Crippen LogP contribution in [0.25, 0.3) is 0 Å². The lowest BCUT2D eigenvalue weighted by molar-refractivity contribution is 0.0322. The number of benzene rings is 1. The van der Waals surface area contributed by atoms with Crippen molar-refractivity contribution in [2.75, 3.05) is 12.9 Å². The maximum absolute atomic E-state index is 11.2. The molecule has 0 aliphatic carbocycles. The standard InChI is InChI=1S/C11H14O5S/c1-16-11(15)6-2-3-7(8(12)4-6)10(14)9(13)5-17/h2-4,9-10,12-14,17H,5H2,1H3. The van der Waals surface area contributed by atoms with Crippen LogP contribution in [0, 0.1) is 0 Å². The molecule has 94 valence electrons. The van der Waals surface area contributed by atoms with Crippen LogP contribution in [-0.2, 0) is 4.74 Å². The SMILES string of the molecule is COC(=O)c1ccc(C(O)C(O)CS)c(O)c1. The van der Waals surface area contributed by atoms with E-state index in [1.54, 1.807) is 0 Å². The molecular weight excluding hydrogens is 244 g/mol. The van der Waals surface area contributed by atoms with E-state index >= 15 is 0 Å². The van der Waals surface area contributed by atoms with Gasteiger partial charge in [-0.25, -0.2) is 4.79 Å². The topological polar surface area (TPSA) is 87.0 Å². The summed E-state index contributed by atoms with van der Waals surface area (Å²) in [6.07, 6.45) is -2.34. The number of esters is 1. The van der Waals surface area contributed by atoms with E-state index in [0.717, 1.165) is 0 Å². The number of thiol groups is 1. The average Bonchev–Trinajstić information content (AvgIpc) is 2.35. The van der Waals surface area contributed by atoms with Gasteiger partial charge < -0.3 is 20.1 Å². The van der Waals surface area contributed by atoms with E-state index in [-0.39, 0.29) is 22.6 Å². The molecule has 0 bridgehead atoms. The molecule has 5 nitrogen and oxygen atoms in total. The zero-order valence-electron chi connectivity index (χ0n) is 9.20. The Hall–Kier alpha value is -1.24. The van der Waals surface area contributed by atoms with Crippen molar-refractivity contribution in [3.8, 4) is 5.75 Å². The number of aliphatic hydroxyl groups is 2. The van der Waals surface area contributed by atoms with E-state index in [1.165, 1.54) is 25.3 Å². The maximum Gasteiger partial charge on any atom is 0.337 e. The van der Waals surface area contributed by atoms with Gasteiger partial charge in [0, 0.05) is 11.3 Å². The van der Waals surface area contributed by atoms with Crippen LogP contribution in [0.15, 0.2) is 18.2 Å². The van der Waals surface area contributed by atoms with E-state index in [0.29, 0.717) is 0 Å². The summed E-state index contributed by atoms with van der Waals surface area (Å²) in [5.41, 5.74) is 0.306. The first kappa shape index (κ1) is 13.8. The molecule has 2 atom stereocenters. The summed E-state index contributed by atoms with van der Waals surface area (Å²) in [6.45, 7) is 0. The zero-order valence-corrected chi connectivity index (χ0v) is 10.1. The average molecular weight is 258 g/mol. The summed E-state index contributed by atoms with van der Waals surface area (Å²) in [7, 11) is 1.23. The van der Waals surface area contributed by atoms with Crippen molar-refractivity contribution in [2.24, 2.45) is 0 Å². The molecule has 6 heteroatoms. The van der Waals surface area contributed by atoms with Crippen LogP contribution in [0.4, 0.5) is 0 Å². The molecule has 2 unspecified atom stereocenters. The second-order valence-electron chi connectivity index (χ2n) is 3.46. The van der Waals surface area contributed by atoms with E-state index in [2.05, 4.69) is 17.4 Å². The lowest BCUT2D eigenvalue weighted by atomic mass is 10.0. The minimum Gasteiger partial charge on any atom is -0.508 e. The molecule has 1 rings (SSSR count). The molecule has 0 saturated heterocycles. The Labute approximate surface area is 104 Å². The zero-order chi connectivity index (χ0) is 13.0. The Balaban J connectivity index is 3.01. The lowest BCUT2D eigenvalue weighted by Crippen LogP contribution is -2.20. The van der Waals surface area contributed by atoms with Crippen LogP contribution < -0.4 is 0 Å². The number of hydrogen-bond donors (Lipinski definition) is 4. The van der Waals surface area contributed by atoms with Crippen molar-refractivity contribution >= 4 is 18.6 Å². The summed E-state index contributed by atoms with van der Waals surface area (Å²) in [6, 6.07) is 3.93. The number of carbonyl (C=O) groups is 1. The predicted molar refractivity (Wildman–Crippen MR) is 64.3 cm³/mol. The molecule has 1 aromatic carbocycles. The number of aliphatic hydroxyl groups excluding tert-OH is 2. The van der Waals surface area contributed by atoms with Crippen LogP contribution in [0.5, 0.6) is 5.75 Å². The largest absolute Gasteiger partial charge is 0.508 e. The molecule has 3 N–H and O–H groups in total. The smallest absolute Gasteiger partial charge is 0.337 e. The third kappa shape index (κ3) is 3.12. The molecule has 0 aliphatic rings. The number of phenols is 1. The summed E-state index contributed by atoms with van der Waals surface area (Å²) < 4.78 is 4.49. The van der Waals surface area contributed by atoms with E-state index in [1.807, 2.05) is 0 Å². The highest BCUT2D eigenvalue weighted by atomic mass is 32.1. The van der Waals surface area contributed by atoms with Gasteiger partial charge in [0.2, 0.25) is 0 Å². The highest BCUT2D eigenvalue weighted by Crippen LogP contribution is 2.28. The molecule has 1 aromatic rings. The Morgan fingerprint density at radius 3 is 2.59 bits per heavy atom. The van der Waals surface area contributed by atoms with Gasteiger partial charge in [-0.05, 0) is 12.1 Å². The van der Waals surface area contributed by atoms with Gasteiger partial charge in [0.1, 0.15) is 11.9 Å². The molecule has 0 amide bonds. The van der Waals surface area contributed by atoms with Gasteiger partial charge in [-0.1, -0.05) is 6.07 Å². The molecule has 0 aromatic heterocycles. The van der Waals surface area contributed by atoms with E-state index in [9.17, 15) is 20.1 Å². The van der Waals surface area contributed by atoms with Gasteiger partial charge in [0.15, 0.2) is 0 Å². The quantitative estimate of drug-likeness (QED) is 0.467. The number of hydrogen-bond acceptors (Lipinski definition) is 6. The third-order valence-electron chi connectivity index (χ3n) is 2.32. The van der Waals surface area contributed by atoms with Crippen LogP contribution in [0.1, 0.15) is 22.0 Å². The van der Waals surface area contributed by atoms with Crippen molar-refractivity contribution in [1.29, 1.82) is 0 Å². The molecule has 0 spiro atoms. The normalized spacial score (nSPS) is 14.1. The van der Waals surface area contributed by atoms with Crippen molar-refractivity contribution < 1.29 is 24.9 Å². The second-order valence-corrected chi connectivity index (χ2v) is 3.83. The number of ether oxygens (including phenoxy) is 1. The molecule has 0 aliphatic heterocycles. The Morgan fingerprint density at radius 1 is 1.47 bits per heavy atom. The fourth-order valence-electron chi connectivity index (χ4n) is 1.35. The van der Waals surface area contributed by atoms with Crippen LogP contribution in [0.3, 0.4) is 0 Å². The number of phenolic OH excluding ortho intramolecular Hbond substituents is 1. The van der Waals surface area contributed by atoms with Gasteiger partial charge in [-0.3, -0.25) is 0 Å². The van der Waals surface area contributed by atoms with Gasteiger partial charge in [-0.2, -0.15) is 12.6 Å². The van der Waals surface area contributed by atoms with E-state index < -0.39 is 18.2 Å². The lowest BCUT2D eigenvalue weighted by Gasteiger charge is -2.17. The summed E-state index contributed by atoms with van der Waals surface area (Å²) in [4.78, 5) is 11.2. The summed E-state index contributed by atoms with van der Waals surface area (Å²) in [5.74, 6) is -0.809. The Bertz CT molecular complexity index is 407. The first-order chi connectivity index (χ1) is 8.01. The van der Waals surface area contributed by atoms with Gasteiger partial charge in [-0.15, -0.1) is 0 Å². The first-order valence-electron chi connectivity index (χ1n) is 4.89. The van der Waals surface area contributed by atoms with Gasteiger partial charge >= 0.3 is 5.97 Å². The number of methoxy groups -OCH3 is 1. The molecular formula is C11H14O5S. The highest BCUT2D eigenvalue weighted by molar-refractivity contribution is 7.80.